The number of carbonyl (C=O) groups excluding carboxylic acids is 1. The molecule has 1 atom stereocenters. The molecule has 1 aromatic rings. The van der Waals surface area contributed by atoms with Crippen molar-refractivity contribution in [2.45, 2.75) is 13.3 Å². The monoisotopic (exact) mass is 251 g/mol. The number of nitrogens with zero attached hydrogens (tertiary/aromatic N) is 1. The van der Waals surface area contributed by atoms with Crippen LogP contribution < -0.4 is 4.74 Å². The minimum Gasteiger partial charge on any atom is -0.494 e. The lowest BCUT2D eigenvalue weighted by molar-refractivity contribution is -0.145. The molecule has 0 saturated carbocycles. The van der Waals surface area contributed by atoms with Crippen molar-refractivity contribution in [1.29, 1.82) is 5.26 Å². The van der Waals surface area contributed by atoms with Gasteiger partial charge in [-0.25, -0.2) is 4.39 Å². The zero-order chi connectivity index (χ0) is 13.5. The van der Waals surface area contributed by atoms with Crippen LogP contribution in [0.1, 0.15) is 12.5 Å². The Balaban J connectivity index is 2.89. The van der Waals surface area contributed by atoms with Gasteiger partial charge in [0.05, 0.1) is 19.8 Å². The molecule has 0 aromatic heterocycles. The Labute approximate surface area is 105 Å². The van der Waals surface area contributed by atoms with Crippen LogP contribution in [0.25, 0.3) is 0 Å². The van der Waals surface area contributed by atoms with E-state index in [9.17, 15) is 9.18 Å². The zero-order valence-electron chi connectivity index (χ0n) is 10.3. The lowest BCUT2D eigenvalue weighted by Gasteiger charge is -2.10. The highest BCUT2D eigenvalue weighted by Gasteiger charge is 2.22. The molecule has 0 bridgehead atoms. The fourth-order valence-electron chi connectivity index (χ4n) is 1.52. The summed E-state index contributed by atoms with van der Waals surface area (Å²) in [7, 11) is 1.36. The highest BCUT2D eigenvalue weighted by atomic mass is 19.1. The van der Waals surface area contributed by atoms with Gasteiger partial charge in [0.15, 0.2) is 11.6 Å². The van der Waals surface area contributed by atoms with Crippen molar-refractivity contribution in [3.05, 3.63) is 29.6 Å². The average molecular weight is 251 g/mol. The van der Waals surface area contributed by atoms with Crippen LogP contribution in [0.15, 0.2) is 18.2 Å². The molecular formula is C13H14FNO3. The van der Waals surface area contributed by atoms with Crippen LogP contribution in [0, 0.1) is 23.1 Å². The molecule has 0 N–H and O–H groups in total. The number of halogens is 1. The highest BCUT2D eigenvalue weighted by molar-refractivity contribution is 5.75. The van der Waals surface area contributed by atoms with Gasteiger partial charge < -0.3 is 9.47 Å². The number of carbonyl (C=O) groups is 1. The molecule has 1 rings (SSSR count). The summed E-state index contributed by atoms with van der Waals surface area (Å²) in [6.07, 6.45) is -0.0294. The summed E-state index contributed by atoms with van der Waals surface area (Å²) in [5, 5.41) is 8.90. The minimum absolute atomic E-state index is 0.0294. The van der Waals surface area contributed by atoms with Gasteiger partial charge in [0.1, 0.15) is 5.92 Å². The predicted octanol–water partition coefficient (Wildman–Crippen LogP) is 2.08. The van der Waals surface area contributed by atoms with E-state index in [1.165, 1.54) is 19.2 Å². The van der Waals surface area contributed by atoms with E-state index in [0.29, 0.717) is 0 Å². The molecule has 1 aromatic carbocycles. The van der Waals surface area contributed by atoms with E-state index in [1.54, 1.807) is 13.0 Å². The second-order valence-electron chi connectivity index (χ2n) is 3.57. The number of hydrogen-bond donors (Lipinski definition) is 0. The van der Waals surface area contributed by atoms with Gasteiger partial charge in [-0.05, 0) is 18.6 Å². The summed E-state index contributed by atoms with van der Waals surface area (Å²) in [6.45, 7) is 1.84. The van der Waals surface area contributed by atoms with Crippen molar-refractivity contribution in [2.24, 2.45) is 5.92 Å². The molecule has 96 valence electrons. The van der Waals surface area contributed by atoms with E-state index < -0.39 is 17.7 Å². The van der Waals surface area contributed by atoms with Gasteiger partial charge in [-0.15, -0.1) is 0 Å². The van der Waals surface area contributed by atoms with E-state index in [1.807, 2.05) is 6.07 Å². The Kier molecular flexibility index (Phi) is 5.12. The highest BCUT2D eigenvalue weighted by Crippen LogP contribution is 2.22. The molecule has 0 saturated heterocycles. The van der Waals surface area contributed by atoms with Gasteiger partial charge in [0.25, 0.3) is 0 Å². The van der Waals surface area contributed by atoms with E-state index in [0.717, 1.165) is 0 Å². The van der Waals surface area contributed by atoms with Crippen molar-refractivity contribution in [3.63, 3.8) is 0 Å². The minimum atomic E-state index is -1.01. The number of ether oxygens (including phenoxy) is 2. The molecule has 0 radical (unpaired) electrons. The van der Waals surface area contributed by atoms with E-state index in [4.69, 9.17) is 14.7 Å². The van der Waals surface area contributed by atoms with Crippen LogP contribution in [-0.4, -0.2) is 19.7 Å². The van der Waals surface area contributed by atoms with Crippen LogP contribution in [0.3, 0.4) is 0 Å². The Bertz CT molecular complexity index is 468. The van der Waals surface area contributed by atoms with E-state index in [-0.39, 0.29) is 24.3 Å². The Morgan fingerprint density at radius 2 is 2.28 bits per heavy atom. The van der Waals surface area contributed by atoms with Crippen LogP contribution >= 0.6 is 0 Å². The van der Waals surface area contributed by atoms with Crippen LogP contribution in [0.2, 0.25) is 0 Å². The fraction of sp³-hybridized carbons (Fsp3) is 0.385. The van der Waals surface area contributed by atoms with E-state index >= 15 is 0 Å². The van der Waals surface area contributed by atoms with E-state index in [2.05, 4.69) is 0 Å². The van der Waals surface area contributed by atoms with Gasteiger partial charge in [0, 0.05) is 6.42 Å². The van der Waals surface area contributed by atoms with Gasteiger partial charge in [-0.1, -0.05) is 12.1 Å². The maximum absolute atomic E-state index is 13.8. The maximum Gasteiger partial charge on any atom is 0.323 e. The summed E-state index contributed by atoms with van der Waals surface area (Å²) in [4.78, 5) is 11.4. The molecule has 0 spiro atoms. The third-order valence-electron chi connectivity index (χ3n) is 2.41. The average Bonchev–Trinajstić information content (AvgIpc) is 2.37. The number of rotatable bonds is 5. The second-order valence-corrected chi connectivity index (χ2v) is 3.57. The van der Waals surface area contributed by atoms with Crippen molar-refractivity contribution < 1.29 is 18.7 Å². The molecule has 5 heteroatoms. The molecule has 0 amide bonds. The molecule has 0 aliphatic carbocycles. The van der Waals surface area contributed by atoms with Crippen LogP contribution in [0.5, 0.6) is 5.75 Å². The standard InChI is InChI=1S/C13H14FNO3/c1-3-18-13(16)10(8-15)7-9-5-4-6-11(17-2)12(9)14/h4-6,10H,3,7H2,1-2H3. The van der Waals surface area contributed by atoms with Crippen molar-refractivity contribution in [1.82, 2.24) is 0 Å². The summed E-state index contributed by atoms with van der Waals surface area (Å²) in [6, 6.07) is 6.42. The smallest absolute Gasteiger partial charge is 0.323 e. The number of benzene rings is 1. The Morgan fingerprint density at radius 1 is 1.56 bits per heavy atom. The molecule has 18 heavy (non-hydrogen) atoms. The Morgan fingerprint density at radius 3 is 2.83 bits per heavy atom. The third kappa shape index (κ3) is 3.20. The lowest BCUT2D eigenvalue weighted by atomic mass is 10.00. The molecular weight excluding hydrogens is 237 g/mol. The summed E-state index contributed by atoms with van der Waals surface area (Å²) in [5.41, 5.74) is 0.258. The number of nitriles is 1. The first-order valence-corrected chi connectivity index (χ1v) is 5.51. The van der Waals surface area contributed by atoms with Gasteiger partial charge in [-0.3, -0.25) is 4.79 Å². The lowest BCUT2D eigenvalue weighted by Crippen LogP contribution is -2.19. The summed E-state index contributed by atoms with van der Waals surface area (Å²) in [5.74, 6) is -2.11. The first-order chi connectivity index (χ1) is 8.63. The van der Waals surface area contributed by atoms with Gasteiger partial charge in [0.2, 0.25) is 0 Å². The number of esters is 1. The fourth-order valence-corrected chi connectivity index (χ4v) is 1.52. The topological polar surface area (TPSA) is 59.3 Å². The Hall–Kier alpha value is -2.09. The van der Waals surface area contributed by atoms with Crippen molar-refractivity contribution in [2.75, 3.05) is 13.7 Å². The molecule has 0 aliphatic heterocycles. The molecule has 0 heterocycles. The normalized spacial score (nSPS) is 11.4. The molecule has 0 aliphatic rings. The van der Waals surface area contributed by atoms with Gasteiger partial charge in [-0.2, -0.15) is 5.26 Å². The number of methoxy groups -OCH3 is 1. The predicted molar refractivity (Wildman–Crippen MR) is 62.4 cm³/mol. The largest absolute Gasteiger partial charge is 0.494 e. The first kappa shape index (κ1) is 14.0. The van der Waals surface area contributed by atoms with Crippen molar-refractivity contribution >= 4 is 5.97 Å². The van der Waals surface area contributed by atoms with Crippen molar-refractivity contribution in [3.8, 4) is 11.8 Å². The number of hydrogen-bond acceptors (Lipinski definition) is 4. The maximum atomic E-state index is 13.8. The molecule has 0 fully saturated rings. The summed E-state index contributed by atoms with van der Waals surface area (Å²) >= 11 is 0. The quantitative estimate of drug-likeness (QED) is 0.752. The SMILES string of the molecule is CCOC(=O)C(C#N)Cc1cccc(OC)c1F. The first-order valence-electron chi connectivity index (χ1n) is 5.51. The van der Waals surface area contributed by atoms with Gasteiger partial charge >= 0.3 is 5.97 Å². The molecule has 4 nitrogen and oxygen atoms in total. The molecule has 1 unspecified atom stereocenters. The summed E-state index contributed by atoms with van der Waals surface area (Å²) < 4.78 is 23.4. The van der Waals surface area contributed by atoms with Crippen LogP contribution in [0.4, 0.5) is 4.39 Å². The zero-order valence-corrected chi connectivity index (χ0v) is 10.3. The second kappa shape index (κ2) is 6.60. The van der Waals surface area contributed by atoms with Crippen LogP contribution in [-0.2, 0) is 16.0 Å². The third-order valence-corrected chi connectivity index (χ3v) is 2.41.